The number of hydrogen-bond acceptors (Lipinski definition) is 2. The number of halogens is 2. The normalized spacial score (nSPS) is 13.6. The molecule has 0 atom stereocenters. The van der Waals surface area contributed by atoms with Crippen LogP contribution in [0.15, 0.2) is 40.9 Å². The molecule has 1 heterocycles. The highest BCUT2D eigenvalue weighted by Gasteiger charge is 2.14. The fourth-order valence-corrected chi connectivity index (χ4v) is 2.77. The molecule has 2 aromatic rings. The Hall–Kier alpha value is -1.72. The van der Waals surface area contributed by atoms with Gasteiger partial charge in [0.1, 0.15) is 5.82 Å². The molecule has 3 rings (SSSR count). The van der Waals surface area contributed by atoms with Crippen LogP contribution in [0.4, 0.5) is 10.1 Å². The number of anilines is 1. The molecule has 2 N–H and O–H groups in total. The Morgan fingerprint density at radius 3 is 2.90 bits per heavy atom. The third kappa shape index (κ3) is 3.14. The van der Waals surface area contributed by atoms with Crippen LogP contribution in [0.5, 0.6) is 0 Å². The van der Waals surface area contributed by atoms with Gasteiger partial charge in [0.2, 0.25) is 0 Å². The zero-order chi connectivity index (χ0) is 14.8. The lowest BCUT2D eigenvalue weighted by atomic mass is 9.98. The maximum absolute atomic E-state index is 13.7. The van der Waals surface area contributed by atoms with Crippen LogP contribution in [-0.4, -0.2) is 12.5 Å². The van der Waals surface area contributed by atoms with E-state index in [0.29, 0.717) is 10.0 Å². The largest absolute Gasteiger partial charge is 0.319 e. The Bertz CT molecular complexity index is 703. The molecule has 21 heavy (non-hydrogen) atoms. The Morgan fingerprint density at radius 2 is 2.05 bits per heavy atom. The predicted molar refractivity (Wildman–Crippen MR) is 83.9 cm³/mol. The fourth-order valence-electron chi connectivity index (χ4n) is 2.41. The van der Waals surface area contributed by atoms with Gasteiger partial charge < -0.3 is 10.6 Å². The highest BCUT2D eigenvalue weighted by molar-refractivity contribution is 9.10. The van der Waals surface area contributed by atoms with Crippen LogP contribution in [-0.2, 0) is 13.0 Å². The minimum absolute atomic E-state index is 0.172. The third-order valence-corrected chi connectivity index (χ3v) is 4.02. The molecule has 0 saturated carbocycles. The van der Waals surface area contributed by atoms with Gasteiger partial charge in [-0.2, -0.15) is 0 Å². The molecule has 0 radical (unpaired) electrons. The van der Waals surface area contributed by atoms with Crippen molar-refractivity contribution >= 4 is 27.5 Å². The van der Waals surface area contributed by atoms with Gasteiger partial charge in [-0.25, -0.2) is 4.39 Å². The van der Waals surface area contributed by atoms with Gasteiger partial charge in [0, 0.05) is 16.6 Å². The number of carbonyl (C=O) groups excluding carboxylic acids is 1. The average molecular weight is 349 g/mol. The van der Waals surface area contributed by atoms with Crippen LogP contribution in [0.25, 0.3) is 0 Å². The summed E-state index contributed by atoms with van der Waals surface area (Å²) < 4.78 is 14.4. The lowest BCUT2D eigenvalue weighted by Gasteiger charge is -2.17. The lowest BCUT2D eigenvalue weighted by Crippen LogP contribution is -2.24. The summed E-state index contributed by atoms with van der Waals surface area (Å²) in [4.78, 5) is 12.2. The Balaban J connectivity index is 1.83. The highest BCUT2D eigenvalue weighted by atomic mass is 79.9. The van der Waals surface area contributed by atoms with Gasteiger partial charge in [-0.15, -0.1) is 0 Å². The summed E-state index contributed by atoms with van der Waals surface area (Å²) in [6, 6.07) is 10.1. The van der Waals surface area contributed by atoms with E-state index in [0.717, 1.165) is 25.1 Å². The van der Waals surface area contributed by atoms with Crippen molar-refractivity contribution in [2.45, 2.75) is 13.0 Å². The fraction of sp³-hybridized carbons (Fsp3) is 0.188. The number of rotatable bonds is 2. The summed E-state index contributed by atoms with van der Waals surface area (Å²) in [5.74, 6) is -0.758. The van der Waals surface area contributed by atoms with E-state index in [1.807, 2.05) is 12.1 Å². The van der Waals surface area contributed by atoms with E-state index in [1.54, 1.807) is 18.2 Å². The number of amides is 1. The van der Waals surface area contributed by atoms with E-state index in [2.05, 4.69) is 26.6 Å². The summed E-state index contributed by atoms with van der Waals surface area (Å²) in [6.07, 6.45) is 0.970. The number of carbonyl (C=O) groups is 1. The average Bonchev–Trinajstić information content (AvgIpc) is 2.50. The van der Waals surface area contributed by atoms with E-state index in [9.17, 15) is 9.18 Å². The van der Waals surface area contributed by atoms with Crippen molar-refractivity contribution in [1.29, 1.82) is 0 Å². The van der Waals surface area contributed by atoms with Crippen molar-refractivity contribution in [2.24, 2.45) is 0 Å². The third-order valence-electron chi connectivity index (χ3n) is 3.53. The number of fused-ring (bicyclic) bond motifs is 1. The summed E-state index contributed by atoms with van der Waals surface area (Å²) >= 11 is 3.27. The van der Waals surface area contributed by atoms with Crippen molar-refractivity contribution in [3.63, 3.8) is 0 Å². The molecule has 108 valence electrons. The molecule has 1 aliphatic rings. The van der Waals surface area contributed by atoms with Gasteiger partial charge in [0.25, 0.3) is 5.91 Å². The first-order chi connectivity index (χ1) is 10.1. The zero-order valence-electron chi connectivity index (χ0n) is 11.2. The second-order valence-electron chi connectivity index (χ2n) is 4.99. The molecule has 0 aromatic heterocycles. The Labute approximate surface area is 130 Å². The van der Waals surface area contributed by atoms with Crippen molar-refractivity contribution in [3.05, 3.63) is 63.4 Å². The molecular weight excluding hydrogens is 335 g/mol. The minimum atomic E-state index is -0.453. The summed E-state index contributed by atoms with van der Waals surface area (Å²) in [5, 5.41) is 5.89. The monoisotopic (exact) mass is 348 g/mol. The van der Waals surface area contributed by atoms with Crippen LogP contribution in [0.2, 0.25) is 0 Å². The minimum Gasteiger partial charge on any atom is -0.319 e. The molecule has 0 spiro atoms. The first-order valence-electron chi connectivity index (χ1n) is 6.72. The standard InChI is InChI=1S/C16H14BrFN2O/c17-13-3-4-14(18)15(8-13)20-16(21)11-2-1-10-5-6-19-9-12(10)7-11/h1-4,7-8,19H,5-6,9H2,(H,20,21). The molecule has 1 aliphatic heterocycles. The van der Waals surface area contributed by atoms with E-state index in [4.69, 9.17) is 0 Å². The van der Waals surface area contributed by atoms with Gasteiger partial charge in [0.15, 0.2) is 0 Å². The van der Waals surface area contributed by atoms with Gasteiger partial charge >= 0.3 is 0 Å². The van der Waals surface area contributed by atoms with E-state index in [1.165, 1.54) is 11.6 Å². The Morgan fingerprint density at radius 1 is 1.19 bits per heavy atom. The van der Waals surface area contributed by atoms with Gasteiger partial charge in [-0.1, -0.05) is 22.0 Å². The van der Waals surface area contributed by atoms with Crippen molar-refractivity contribution < 1.29 is 9.18 Å². The predicted octanol–water partition coefficient (Wildman–Crippen LogP) is 3.49. The number of nitrogens with one attached hydrogen (secondary N) is 2. The second kappa shape index (κ2) is 5.95. The molecule has 5 heteroatoms. The molecule has 0 aliphatic carbocycles. The van der Waals surface area contributed by atoms with E-state index < -0.39 is 5.82 Å². The smallest absolute Gasteiger partial charge is 0.255 e. The molecule has 0 fully saturated rings. The van der Waals surface area contributed by atoms with Gasteiger partial charge in [-0.05, 0) is 54.4 Å². The second-order valence-corrected chi connectivity index (χ2v) is 5.90. The zero-order valence-corrected chi connectivity index (χ0v) is 12.8. The first-order valence-corrected chi connectivity index (χ1v) is 7.52. The van der Waals surface area contributed by atoms with Crippen LogP contribution in [0.1, 0.15) is 21.5 Å². The molecule has 0 unspecified atom stereocenters. The molecule has 0 saturated heterocycles. The topological polar surface area (TPSA) is 41.1 Å². The van der Waals surface area contributed by atoms with Crippen molar-refractivity contribution in [2.75, 3.05) is 11.9 Å². The van der Waals surface area contributed by atoms with Gasteiger partial charge in [0.05, 0.1) is 5.69 Å². The summed E-state index contributed by atoms with van der Waals surface area (Å²) in [6.45, 7) is 1.73. The van der Waals surface area contributed by atoms with Crippen molar-refractivity contribution in [3.8, 4) is 0 Å². The number of hydrogen-bond donors (Lipinski definition) is 2. The quantitative estimate of drug-likeness (QED) is 0.872. The SMILES string of the molecule is O=C(Nc1cc(Br)ccc1F)c1ccc2c(c1)CNCC2. The Kier molecular flexibility index (Phi) is 4.03. The molecular formula is C16H14BrFN2O. The van der Waals surface area contributed by atoms with Crippen molar-refractivity contribution in [1.82, 2.24) is 5.32 Å². The van der Waals surface area contributed by atoms with Gasteiger partial charge in [-0.3, -0.25) is 4.79 Å². The van der Waals surface area contributed by atoms with Crippen LogP contribution in [0.3, 0.4) is 0 Å². The molecule has 2 aromatic carbocycles. The van der Waals surface area contributed by atoms with Crippen LogP contribution < -0.4 is 10.6 Å². The van der Waals surface area contributed by atoms with E-state index in [-0.39, 0.29) is 11.6 Å². The molecule has 1 amide bonds. The summed E-state index contributed by atoms with van der Waals surface area (Å²) in [5.41, 5.74) is 3.10. The molecule has 3 nitrogen and oxygen atoms in total. The van der Waals surface area contributed by atoms with Crippen LogP contribution in [0, 0.1) is 5.82 Å². The summed E-state index contributed by atoms with van der Waals surface area (Å²) in [7, 11) is 0. The maximum atomic E-state index is 13.7. The maximum Gasteiger partial charge on any atom is 0.255 e. The van der Waals surface area contributed by atoms with E-state index >= 15 is 0 Å². The molecule has 0 bridgehead atoms. The highest BCUT2D eigenvalue weighted by Crippen LogP contribution is 2.22. The van der Waals surface area contributed by atoms with Crippen LogP contribution >= 0.6 is 15.9 Å². The number of benzene rings is 2. The lowest BCUT2D eigenvalue weighted by molar-refractivity contribution is 0.102. The first kappa shape index (κ1) is 14.2.